The summed E-state index contributed by atoms with van der Waals surface area (Å²) < 4.78 is 0. The summed E-state index contributed by atoms with van der Waals surface area (Å²) in [4.78, 5) is 22.2. The summed E-state index contributed by atoms with van der Waals surface area (Å²) in [7, 11) is 0. The highest BCUT2D eigenvalue weighted by Crippen LogP contribution is 2.13. The van der Waals surface area contributed by atoms with E-state index in [9.17, 15) is 30.0 Å². The van der Waals surface area contributed by atoms with Crippen LogP contribution in [0.2, 0.25) is 0 Å². The van der Waals surface area contributed by atoms with Crippen LogP contribution in [0.5, 0.6) is 0 Å². The average molecular weight is 478 g/mol. The summed E-state index contributed by atoms with van der Waals surface area (Å²) in [5.41, 5.74) is 0. The predicted octanol–water partition coefficient (Wildman–Crippen LogP) is 1.86. The summed E-state index contributed by atoms with van der Waals surface area (Å²) >= 11 is 0. The molecule has 9 heteroatoms. The van der Waals surface area contributed by atoms with E-state index in [1.54, 1.807) is 0 Å². The number of rotatable bonds is 23. The van der Waals surface area contributed by atoms with Crippen molar-refractivity contribution in [2.75, 3.05) is 13.2 Å². The predicted molar refractivity (Wildman–Crippen MR) is 126 cm³/mol. The molecule has 7 N–H and O–H groups in total. The third kappa shape index (κ3) is 17.8. The third-order valence-corrected chi connectivity index (χ3v) is 5.89. The van der Waals surface area contributed by atoms with Gasteiger partial charge in [0.15, 0.2) is 6.10 Å². The van der Waals surface area contributed by atoms with Crippen LogP contribution in [-0.2, 0) is 9.59 Å². The number of aliphatic hydroxyl groups is 5. The maximum Gasteiger partial charge on any atom is 0.303 e. The van der Waals surface area contributed by atoms with E-state index in [2.05, 4.69) is 5.32 Å². The summed E-state index contributed by atoms with van der Waals surface area (Å²) in [5, 5.41) is 58.0. The third-order valence-electron chi connectivity index (χ3n) is 5.89. The van der Waals surface area contributed by atoms with Crippen LogP contribution in [0.15, 0.2) is 0 Å². The zero-order valence-corrected chi connectivity index (χ0v) is 20.0. The van der Waals surface area contributed by atoms with Gasteiger partial charge in [0.2, 0.25) is 0 Å². The SMILES string of the molecule is O=C(O)CCCCCCCCCCCCCCCCCNC(=O)[C@H](O)[C@@H](O)[C@H](O)[C@H](O)CO. The first kappa shape index (κ1) is 31.7. The lowest BCUT2D eigenvalue weighted by atomic mass is 10.0. The minimum absolute atomic E-state index is 0.288. The molecule has 0 aromatic heterocycles. The molecule has 0 spiro atoms. The van der Waals surface area contributed by atoms with Gasteiger partial charge in [-0.3, -0.25) is 9.59 Å². The van der Waals surface area contributed by atoms with Crippen molar-refractivity contribution in [3.05, 3.63) is 0 Å². The smallest absolute Gasteiger partial charge is 0.303 e. The van der Waals surface area contributed by atoms with Gasteiger partial charge in [0.05, 0.1) is 6.61 Å². The number of hydrogen-bond donors (Lipinski definition) is 7. The lowest BCUT2D eigenvalue weighted by Gasteiger charge is -2.24. The number of carbonyl (C=O) groups excluding carboxylic acids is 1. The van der Waals surface area contributed by atoms with Crippen LogP contribution >= 0.6 is 0 Å². The molecule has 0 saturated carbocycles. The van der Waals surface area contributed by atoms with Gasteiger partial charge < -0.3 is 36.0 Å². The molecule has 0 heterocycles. The Labute approximate surface area is 198 Å². The Balaban J connectivity index is 3.43. The highest BCUT2D eigenvalue weighted by atomic mass is 16.4. The largest absolute Gasteiger partial charge is 0.481 e. The van der Waals surface area contributed by atoms with Crippen LogP contribution in [0.4, 0.5) is 0 Å². The second-order valence-electron chi connectivity index (χ2n) is 8.91. The first-order chi connectivity index (χ1) is 15.8. The van der Waals surface area contributed by atoms with Crippen molar-refractivity contribution in [1.29, 1.82) is 0 Å². The number of aliphatic carboxylic acids is 1. The molecule has 0 aliphatic rings. The summed E-state index contributed by atoms with van der Waals surface area (Å²) in [5.74, 6) is -1.52. The van der Waals surface area contributed by atoms with Gasteiger partial charge in [-0.2, -0.15) is 0 Å². The molecule has 1 amide bonds. The van der Waals surface area contributed by atoms with Crippen molar-refractivity contribution in [1.82, 2.24) is 5.32 Å². The van der Waals surface area contributed by atoms with Crippen LogP contribution in [0.1, 0.15) is 103 Å². The Kier molecular flexibility index (Phi) is 20.5. The van der Waals surface area contributed by atoms with Crippen molar-refractivity contribution in [2.45, 2.75) is 127 Å². The number of carboxylic acids is 1. The number of carbonyl (C=O) groups is 2. The number of unbranched alkanes of at least 4 members (excludes halogenated alkanes) is 14. The van der Waals surface area contributed by atoms with Crippen molar-refractivity contribution in [3.63, 3.8) is 0 Å². The molecule has 0 fully saturated rings. The molecule has 0 rings (SSSR count). The van der Waals surface area contributed by atoms with Crippen LogP contribution in [0.3, 0.4) is 0 Å². The zero-order chi connectivity index (χ0) is 24.9. The maximum atomic E-state index is 11.8. The van der Waals surface area contributed by atoms with Crippen LogP contribution in [-0.4, -0.2) is 80.1 Å². The van der Waals surface area contributed by atoms with Gasteiger partial charge >= 0.3 is 5.97 Å². The average Bonchev–Trinajstić information content (AvgIpc) is 2.80. The van der Waals surface area contributed by atoms with E-state index in [4.69, 9.17) is 10.2 Å². The Morgan fingerprint density at radius 1 is 0.606 bits per heavy atom. The Morgan fingerprint density at radius 3 is 1.39 bits per heavy atom. The molecule has 0 aliphatic carbocycles. The van der Waals surface area contributed by atoms with Gasteiger partial charge in [-0.1, -0.05) is 83.5 Å². The van der Waals surface area contributed by atoms with E-state index in [-0.39, 0.29) is 6.42 Å². The van der Waals surface area contributed by atoms with E-state index in [0.717, 1.165) is 44.9 Å². The molecule has 196 valence electrons. The van der Waals surface area contributed by atoms with Gasteiger partial charge in [-0.25, -0.2) is 0 Å². The first-order valence-electron chi connectivity index (χ1n) is 12.6. The fraction of sp³-hybridized carbons (Fsp3) is 0.917. The van der Waals surface area contributed by atoms with Gasteiger partial charge in [-0.15, -0.1) is 0 Å². The van der Waals surface area contributed by atoms with Crippen LogP contribution < -0.4 is 5.32 Å². The minimum Gasteiger partial charge on any atom is -0.481 e. The van der Waals surface area contributed by atoms with Crippen molar-refractivity contribution in [3.8, 4) is 0 Å². The van der Waals surface area contributed by atoms with Gasteiger partial charge in [0.1, 0.15) is 18.3 Å². The normalized spacial score (nSPS) is 15.1. The second-order valence-corrected chi connectivity index (χ2v) is 8.91. The van der Waals surface area contributed by atoms with E-state index >= 15 is 0 Å². The molecular formula is C24H47NO8. The van der Waals surface area contributed by atoms with E-state index in [1.807, 2.05) is 0 Å². The summed E-state index contributed by atoms with van der Waals surface area (Å²) in [6, 6.07) is 0. The molecular weight excluding hydrogens is 430 g/mol. The van der Waals surface area contributed by atoms with Crippen molar-refractivity contribution >= 4 is 11.9 Å². The maximum absolute atomic E-state index is 11.8. The summed E-state index contributed by atoms with van der Waals surface area (Å²) in [6.45, 7) is -0.424. The molecule has 0 unspecified atom stereocenters. The van der Waals surface area contributed by atoms with E-state index in [0.29, 0.717) is 6.54 Å². The standard InChI is InChI=1S/C24H47NO8/c26-18-19(27)21(30)22(31)23(32)24(33)25-17-15-13-11-9-7-5-3-1-2-4-6-8-10-12-14-16-20(28)29/h19,21-23,26-27,30-32H,1-18H2,(H,25,33)(H,28,29)/t19-,21-,22+,23-/m1/s1. The monoisotopic (exact) mass is 477 g/mol. The lowest BCUT2D eigenvalue weighted by Crippen LogP contribution is -2.51. The number of carboxylic acid groups (broad SMARTS) is 1. The number of hydrogen-bond acceptors (Lipinski definition) is 7. The molecule has 0 aromatic carbocycles. The molecule has 0 aliphatic heterocycles. The highest BCUT2D eigenvalue weighted by molar-refractivity contribution is 5.81. The Morgan fingerprint density at radius 2 is 1.00 bits per heavy atom. The summed E-state index contributed by atoms with van der Waals surface area (Å²) in [6.07, 6.45) is 9.92. The van der Waals surface area contributed by atoms with Gasteiger partial charge in [0.25, 0.3) is 5.91 Å². The van der Waals surface area contributed by atoms with Crippen LogP contribution in [0.25, 0.3) is 0 Å². The van der Waals surface area contributed by atoms with Gasteiger partial charge in [0, 0.05) is 13.0 Å². The molecule has 33 heavy (non-hydrogen) atoms. The van der Waals surface area contributed by atoms with Crippen molar-refractivity contribution in [2.24, 2.45) is 0 Å². The van der Waals surface area contributed by atoms with Gasteiger partial charge in [-0.05, 0) is 12.8 Å². The number of aliphatic hydroxyl groups excluding tert-OH is 5. The topological polar surface area (TPSA) is 168 Å². The van der Waals surface area contributed by atoms with E-state index in [1.165, 1.54) is 51.4 Å². The molecule has 9 nitrogen and oxygen atoms in total. The molecule has 0 bridgehead atoms. The van der Waals surface area contributed by atoms with E-state index < -0.39 is 42.9 Å². The minimum atomic E-state index is -1.87. The fourth-order valence-electron chi connectivity index (χ4n) is 3.69. The molecule has 4 atom stereocenters. The fourth-order valence-corrected chi connectivity index (χ4v) is 3.69. The first-order valence-corrected chi connectivity index (χ1v) is 12.6. The quantitative estimate of drug-likeness (QED) is 0.109. The highest BCUT2D eigenvalue weighted by Gasteiger charge is 2.33. The lowest BCUT2D eigenvalue weighted by molar-refractivity contribution is -0.148. The zero-order valence-electron chi connectivity index (χ0n) is 20.0. The van der Waals surface area contributed by atoms with Crippen molar-refractivity contribution < 1.29 is 40.2 Å². The second kappa shape index (κ2) is 21.3. The molecule has 0 aromatic rings. The van der Waals surface area contributed by atoms with Crippen LogP contribution in [0, 0.1) is 0 Å². The number of amides is 1. The Hall–Kier alpha value is -1.26. The molecule has 0 radical (unpaired) electrons. The Bertz CT molecular complexity index is 491. The number of nitrogens with one attached hydrogen (secondary N) is 1. The molecule has 0 saturated heterocycles.